The van der Waals surface area contributed by atoms with Crippen LogP contribution in [0.25, 0.3) is 0 Å². The van der Waals surface area contributed by atoms with Crippen molar-refractivity contribution in [1.82, 2.24) is 0 Å². The molecule has 0 radical (unpaired) electrons. The van der Waals surface area contributed by atoms with Crippen LogP contribution in [0.1, 0.15) is 6.92 Å². The van der Waals surface area contributed by atoms with Crippen LogP contribution >= 0.6 is 0 Å². The zero-order chi connectivity index (χ0) is 8.97. The van der Waals surface area contributed by atoms with Gasteiger partial charge in [0, 0.05) is 5.69 Å². The average Bonchev–Trinajstić information content (AvgIpc) is 2.09. The molecule has 1 aromatic carbocycles. The molecule has 0 saturated heterocycles. The maximum absolute atomic E-state index is 10.3. The first-order valence-electron chi connectivity index (χ1n) is 3.73. The molecule has 2 N–H and O–H groups in total. The molecule has 1 aromatic rings. The third-order valence-electron chi connectivity index (χ3n) is 1.47. The molecule has 3 heteroatoms. The van der Waals surface area contributed by atoms with Crippen molar-refractivity contribution in [2.45, 2.75) is 13.0 Å². The Hall–Kier alpha value is -1.51. The van der Waals surface area contributed by atoms with Gasteiger partial charge in [0.15, 0.2) is 0 Å². The van der Waals surface area contributed by atoms with Gasteiger partial charge in [-0.15, -0.1) is 0 Å². The highest BCUT2D eigenvalue weighted by molar-refractivity contribution is 5.63. The summed E-state index contributed by atoms with van der Waals surface area (Å²) in [5.74, 6) is 0.222. The van der Waals surface area contributed by atoms with Gasteiger partial charge in [-0.1, -0.05) is 0 Å². The van der Waals surface area contributed by atoms with Crippen LogP contribution < -0.4 is 5.32 Å². The van der Waals surface area contributed by atoms with Crippen molar-refractivity contribution in [2.24, 2.45) is 0 Å². The van der Waals surface area contributed by atoms with E-state index in [4.69, 9.17) is 5.11 Å². The van der Waals surface area contributed by atoms with Crippen molar-refractivity contribution >= 4 is 12.0 Å². The van der Waals surface area contributed by atoms with Crippen molar-refractivity contribution in [3.8, 4) is 5.75 Å². The van der Waals surface area contributed by atoms with Gasteiger partial charge in [-0.05, 0) is 31.2 Å². The largest absolute Gasteiger partial charge is 0.508 e. The van der Waals surface area contributed by atoms with E-state index in [0.717, 1.165) is 12.0 Å². The molecule has 3 nitrogen and oxygen atoms in total. The molecule has 0 aromatic heterocycles. The van der Waals surface area contributed by atoms with Crippen LogP contribution in [0, 0.1) is 0 Å². The second-order valence-corrected chi connectivity index (χ2v) is 2.62. The number of phenols is 1. The molecule has 0 amide bonds. The van der Waals surface area contributed by atoms with Gasteiger partial charge in [0.2, 0.25) is 0 Å². The number of hydrogen-bond donors (Lipinski definition) is 2. The first-order chi connectivity index (χ1) is 5.72. The summed E-state index contributed by atoms with van der Waals surface area (Å²) in [4.78, 5) is 10.3. The lowest BCUT2D eigenvalue weighted by atomic mass is 10.3. The molecule has 12 heavy (non-hydrogen) atoms. The third kappa shape index (κ3) is 2.27. The summed E-state index contributed by atoms with van der Waals surface area (Å²) in [5, 5.41) is 11.9. The number of rotatable bonds is 3. The van der Waals surface area contributed by atoms with E-state index in [-0.39, 0.29) is 11.8 Å². The van der Waals surface area contributed by atoms with Gasteiger partial charge in [-0.3, -0.25) is 0 Å². The molecule has 0 aliphatic heterocycles. The highest BCUT2D eigenvalue weighted by Gasteiger charge is 1.97. The Balaban J connectivity index is 2.64. The summed E-state index contributed by atoms with van der Waals surface area (Å²) >= 11 is 0. The number of phenolic OH excluding ortho intramolecular Hbond substituents is 1. The lowest BCUT2D eigenvalue weighted by Gasteiger charge is -2.07. The smallest absolute Gasteiger partial charge is 0.141 e. The number of carbonyl (C=O) groups is 1. The van der Waals surface area contributed by atoms with E-state index in [0.29, 0.717) is 0 Å². The lowest BCUT2D eigenvalue weighted by Crippen LogP contribution is -2.15. The standard InChI is InChI=1S/C9H11NO2/c1-7(6-11)10-8-2-4-9(12)5-3-8/h2-7,10,12H,1H3. The van der Waals surface area contributed by atoms with Crippen molar-refractivity contribution in [3.05, 3.63) is 24.3 Å². The summed E-state index contributed by atoms with van der Waals surface area (Å²) in [6.45, 7) is 1.76. The predicted molar refractivity (Wildman–Crippen MR) is 47.3 cm³/mol. The molecule has 0 fully saturated rings. The van der Waals surface area contributed by atoms with Gasteiger partial charge in [-0.2, -0.15) is 0 Å². The second kappa shape index (κ2) is 3.76. The van der Waals surface area contributed by atoms with E-state index >= 15 is 0 Å². The number of aldehydes is 1. The summed E-state index contributed by atoms with van der Waals surface area (Å²) in [6.07, 6.45) is 0.826. The van der Waals surface area contributed by atoms with Crippen molar-refractivity contribution in [3.63, 3.8) is 0 Å². The monoisotopic (exact) mass is 165 g/mol. The fraction of sp³-hybridized carbons (Fsp3) is 0.222. The van der Waals surface area contributed by atoms with Crippen LogP contribution in [-0.2, 0) is 4.79 Å². The van der Waals surface area contributed by atoms with Crippen LogP contribution in [0.4, 0.5) is 5.69 Å². The van der Waals surface area contributed by atoms with Gasteiger partial charge in [0.05, 0.1) is 6.04 Å². The van der Waals surface area contributed by atoms with Gasteiger partial charge >= 0.3 is 0 Å². The average molecular weight is 165 g/mol. The predicted octanol–water partition coefficient (Wildman–Crippen LogP) is 1.39. The number of nitrogens with one attached hydrogen (secondary N) is 1. The first kappa shape index (κ1) is 8.59. The fourth-order valence-electron chi connectivity index (χ4n) is 0.855. The summed E-state index contributed by atoms with van der Waals surface area (Å²) in [7, 11) is 0. The van der Waals surface area contributed by atoms with Gasteiger partial charge in [0.1, 0.15) is 12.0 Å². The molecule has 0 heterocycles. The maximum Gasteiger partial charge on any atom is 0.141 e. The van der Waals surface area contributed by atoms with Gasteiger partial charge < -0.3 is 15.2 Å². The minimum Gasteiger partial charge on any atom is -0.508 e. The number of anilines is 1. The number of aromatic hydroxyl groups is 1. The van der Waals surface area contributed by atoms with Crippen LogP contribution in [0.5, 0.6) is 5.75 Å². The summed E-state index contributed by atoms with van der Waals surface area (Å²) < 4.78 is 0. The van der Waals surface area contributed by atoms with E-state index in [1.165, 1.54) is 0 Å². The maximum atomic E-state index is 10.3. The van der Waals surface area contributed by atoms with Crippen LogP contribution in [0.3, 0.4) is 0 Å². The number of benzene rings is 1. The van der Waals surface area contributed by atoms with Gasteiger partial charge in [-0.25, -0.2) is 0 Å². The normalized spacial score (nSPS) is 12.1. The zero-order valence-corrected chi connectivity index (χ0v) is 6.82. The second-order valence-electron chi connectivity index (χ2n) is 2.62. The van der Waals surface area contributed by atoms with E-state index in [1.54, 1.807) is 31.2 Å². The fourth-order valence-corrected chi connectivity index (χ4v) is 0.855. The lowest BCUT2D eigenvalue weighted by molar-refractivity contribution is -0.108. The van der Waals surface area contributed by atoms with E-state index in [9.17, 15) is 4.79 Å². The van der Waals surface area contributed by atoms with E-state index < -0.39 is 0 Å². The molecule has 0 aliphatic rings. The van der Waals surface area contributed by atoms with Crippen LogP contribution in [0.2, 0.25) is 0 Å². The van der Waals surface area contributed by atoms with Crippen molar-refractivity contribution in [2.75, 3.05) is 5.32 Å². The quantitative estimate of drug-likeness (QED) is 0.525. The minimum absolute atomic E-state index is 0.199. The summed E-state index contributed by atoms with van der Waals surface area (Å²) in [6, 6.07) is 6.37. The molecule has 0 saturated carbocycles. The first-order valence-corrected chi connectivity index (χ1v) is 3.73. The topological polar surface area (TPSA) is 49.3 Å². The van der Waals surface area contributed by atoms with Crippen LogP contribution in [0.15, 0.2) is 24.3 Å². The molecule has 1 atom stereocenters. The molecule has 0 aliphatic carbocycles. The van der Waals surface area contributed by atoms with E-state index in [1.807, 2.05) is 0 Å². The third-order valence-corrected chi connectivity index (χ3v) is 1.47. The Bertz CT molecular complexity index is 256. The number of hydrogen-bond acceptors (Lipinski definition) is 3. The Kier molecular flexibility index (Phi) is 2.69. The summed E-state index contributed by atoms with van der Waals surface area (Å²) in [5.41, 5.74) is 0.826. The molecule has 64 valence electrons. The molecule has 0 spiro atoms. The highest BCUT2D eigenvalue weighted by Crippen LogP contribution is 2.13. The molecule has 0 bridgehead atoms. The van der Waals surface area contributed by atoms with Crippen molar-refractivity contribution in [1.29, 1.82) is 0 Å². The minimum atomic E-state index is -0.199. The molecular weight excluding hydrogens is 154 g/mol. The van der Waals surface area contributed by atoms with Crippen LogP contribution in [-0.4, -0.2) is 17.4 Å². The highest BCUT2D eigenvalue weighted by atomic mass is 16.3. The van der Waals surface area contributed by atoms with Gasteiger partial charge in [0.25, 0.3) is 0 Å². The zero-order valence-electron chi connectivity index (χ0n) is 6.82. The Morgan fingerprint density at radius 3 is 2.50 bits per heavy atom. The Labute approximate surface area is 71.0 Å². The van der Waals surface area contributed by atoms with E-state index in [2.05, 4.69) is 5.32 Å². The van der Waals surface area contributed by atoms with Crippen molar-refractivity contribution < 1.29 is 9.90 Å². The number of carbonyl (C=O) groups excluding carboxylic acids is 1. The molecular formula is C9H11NO2. The SMILES string of the molecule is CC(C=O)Nc1ccc(O)cc1. The molecule has 1 rings (SSSR count). The Morgan fingerprint density at radius 2 is 2.00 bits per heavy atom. The Morgan fingerprint density at radius 1 is 1.42 bits per heavy atom. The molecule has 1 unspecified atom stereocenters.